The van der Waals surface area contributed by atoms with Crippen molar-refractivity contribution in [3.05, 3.63) is 0 Å². The molecule has 1 rings (SSSR count). The largest absolute Gasteiger partial charge is 0.389 e. The molecule has 66 valence electrons. The van der Waals surface area contributed by atoms with Crippen LogP contribution in [0.5, 0.6) is 0 Å². The lowest BCUT2D eigenvalue weighted by molar-refractivity contribution is -0.152. The van der Waals surface area contributed by atoms with Crippen molar-refractivity contribution in [1.82, 2.24) is 0 Å². The Morgan fingerprint density at radius 1 is 1.18 bits per heavy atom. The highest BCUT2D eigenvalue weighted by Crippen LogP contribution is 2.24. The summed E-state index contributed by atoms with van der Waals surface area (Å²) in [6, 6.07) is 0. The van der Waals surface area contributed by atoms with E-state index >= 15 is 0 Å². The van der Waals surface area contributed by atoms with Gasteiger partial charge in [0.2, 0.25) is 0 Å². The molecular formula is C6H9F3O2. The Morgan fingerprint density at radius 3 is 2.18 bits per heavy atom. The average molecular weight is 170 g/mol. The van der Waals surface area contributed by atoms with E-state index in [4.69, 9.17) is 9.47 Å². The predicted molar refractivity (Wildman–Crippen MR) is 31.0 cm³/mol. The third-order valence-corrected chi connectivity index (χ3v) is 1.35. The first-order chi connectivity index (χ1) is 5.08. The highest BCUT2D eigenvalue weighted by molar-refractivity contribution is 4.57. The van der Waals surface area contributed by atoms with Crippen molar-refractivity contribution >= 4 is 0 Å². The van der Waals surface area contributed by atoms with Crippen LogP contribution in [0.3, 0.4) is 0 Å². The Hall–Kier alpha value is -0.290. The molecule has 5 heteroatoms. The minimum atomic E-state index is -4.10. The SMILES string of the molecule is FC(F)(F)CCC1OCCO1. The van der Waals surface area contributed by atoms with Crippen LogP contribution in [0.15, 0.2) is 0 Å². The number of halogens is 3. The minimum Gasteiger partial charge on any atom is -0.350 e. The molecule has 0 amide bonds. The van der Waals surface area contributed by atoms with Crippen LogP contribution in [-0.4, -0.2) is 25.7 Å². The number of rotatable bonds is 2. The van der Waals surface area contributed by atoms with Gasteiger partial charge >= 0.3 is 6.18 Å². The fourth-order valence-electron chi connectivity index (χ4n) is 0.855. The van der Waals surface area contributed by atoms with Crippen LogP contribution >= 0.6 is 0 Å². The van der Waals surface area contributed by atoms with Crippen molar-refractivity contribution in [2.75, 3.05) is 13.2 Å². The molecule has 0 bridgehead atoms. The Bertz CT molecular complexity index is 117. The maximum absolute atomic E-state index is 11.6. The van der Waals surface area contributed by atoms with E-state index in [1.165, 1.54) is 0 Å². The van der Waals surface area contributed by atoms with Crippen LogP contribution in [0.4, 0.5) is 13.2 Å². The quantitative estimate of drug-likeness (QED) is 0.628. The van der Waals surface area contributed by atoms with Crippen LogP contribution < -0.4 is 0 Å². The molecule has 0 unspecified atom stereocenters. The van der Waals surface area contributed by atoms with Gasteiger partial charge in [-0.25, -0.2) is 0 Å². The summed E-state index contributed by atoms with van der Waals surface area (Å²) in [7, 11) is 0. The van der Waals surface area contributed by atoms with Gasteiger partial charge in [0.05, 0.1) is 13.2 Å². The fraction of sp³-hybridized carbons (Fsp3) is 1.00. The first kappa shape index (κ1) is 8.80. The third-order valence-electron chi connectivity index (χ3n) is 1.35. The van der Waals surface area contributed by atoms with Gasteiger partial charge in [0.1, 0.15) is 0 Å². The lowest BCUT2D eigenvalue weighted by Crippen LogP contribution is -2.14. The number of hydrogen-bond acceptors (Lipinski definition) is 2. The van der Waals surface area contributed by atoms with Gasteiger partial charge in [-0.1, -0.05) is 0 Å². The van der Waals surface area contributed by atoms with E-state index in [-0.39, 0.29) is 6.42 Å². The van der Waals surface area contributed by atoms with Gasteiger partial charge in [-0.15, -0.1) is 0 Å². The van der Waals surface area contributed by atoms with Crippen molar-refractivity contribution in [1.29, 1.82) is 0 Å². The van der Waals surface area contributed by atoms with Gasteiger partial charge in [0.25, 0.3) is 0 Å². The molecule has 0 aromatic heterocycles. The second-order valence-electron chi connectivity index (χ2n) is 2.32. The van der Waals surface area contributed by atoms with Crippen molar-refractivity contribution in [3.63, 3.8) is 0 Å². The van der Waals surface area contributed by atoms with E-state index in [1.807, 2.05) is 0 Å². The van der Waals surface area contributed by atoms with E-state index in [0.29, 0.717) is 13.2 Å². The Kier molecular flexibility index (Phi) is 2.72. The molecule has 0 spiro atoms. The van der Waals surface area contributed by atoms with Gasteiger partial charge in [-0.3, -0.25) is 0 Å². The normalized spacial score (nSPS) is 21.0. The molecule has 0 aliphatic carbocycles. The third kappa shape index (κ3) is 3.57. The summed E-state index contributed by atoms with van der Waals surface area (Å²) >= 11 is 0. The molecule has 1 aliphatic rings. The van der Waals surface area contributed by atoms with Crippen molar-refractivity contribution in [3.8, 4) is 0 Å². The molecule has 0 N–H and O–H groups in total. The molecule has 0 aromatic carbocycles. The van der Waals surface area contributed by atoms with Crippen LogP contribution in [0.2, 0.25) is 0 Å². The summed E-state index contributed by atoms with van der Waals surface area (Å²) < 4.78 is 44.4. The molecule has 1 aliphatic heterocycles. The second kappa shape index (κ2) is 3.40. The summed E-state index contributed by atoms with van der Waals surface area (Å²) in [4.78, 5) is 0. The molecular weight excluding hydrogens is 161 g/mol. The zero-order valence-electron chi connectivity index (χ0n) is 5.86. The smallest absolute Gasteiger partial charge is 0.350 e. The maximum Gasteiger partial charge on any atom is 0.389 e. The van der Waals surface area contributed by atoms with E-state index in [0.717, 1.165) is 0 Å². The predicted octanol–water partition coefficient (Wildman–Crippen LogP) is 1.70. The summed E-state index contributed by atoms with van der Waals surface area (Å²) in [5.74, 6) is 0. The van der Waals surface area contributed by atoms with E-state index < -0.39 is 18.9 Å². The van der Waals surface area contributed by atoms with Gasteiger partial charge in [-0.2, -0.15) is 13.2 Å². The number of ether oxygens (including phenoxy) is 2. The van der Waals surface area contributed by atoms with E-state index in [2.05, 4.69) is 0 Å². The van der Waals surface area contributed by atoms with Crippen LogP contribution in [-0.2, 0) is 9.47 Å². The lowest BCUT2D eigenvalue weighted by Gasteiger charge is -2.10. The monoisotopic (exact) mass is 170 g/mol. The van der Waals surface area contributed by atoms with Crippen molar-refractivity contribution < 1.29 is 22.6 Å². The van der Waals surface area contributed by atoms with Crippen LogP contribution in [0.25, 0.3) is 0 Å². The standard InChI is InChI=1S/C6H9F3O2/c7-6(8,9)2-1-5-10-3-4-11-5/h5H,1-4H2. The molecule has 1 fully saturated rings. The molecule has 0 aromatic rings. The lowest BCUT2D eigenvalue weighted by atomic mass is 10.3. The van der Waals surface area contributed by atoms with Crippen LogP contribution in [0.1, 0.15) is 12.8 Å². The topological polar surface area (TPSA) is 18.5 Å². The summed E-state index contributed by atoms with van der Waals surface area (Å²) in [5.41, 5.74) is 0. The molecule has 2 nitrogen and oxygen atoms in total. The molecule has 0 radical (unpaired) electrons. The first-order valence-electron chi connectivity index (χ1n) is 3.38. The van der Waals surface area contributed by atoms with Crippen molar-refractivity contribution in [2.45, 2.75) is 25.3 Å². The summed E-state index contributed by atoms with van der Waals surface area (Å²) in [5, 5.41) is 0. The maximum atomic E-state index is 11.6. The Morgan fingerprint density at radius 2 is 1.73 bits per heavy atom. The molecule has 11 heavy (non-hydrogen) atoms. The summed E-state index contributed by atoms with van der Waals surface area (Å²) in [6.07, 6.45) is -5.67. The molecule has 0 saturated carbocycles. The first-order valence-corrected chi connectivity index (χ1v) is 3.38. The fourth-order valence-corrected chi connectivity index (χ4v) is 0.855. The molecule has 0 atom stereocenters. The van der Waals surface area contributed by atoms with Crippen LogP contribution in [0, 0.1) is 0 Å². The van der Waals surface area contributed by atoms with Gasteiger partial charge < -0.3 is 9.47 Å². The van der Waals surface area contributed by atoms with Gasteiger partial charge in [-0.05, 0) is 0 Å². The van der Waals surface area contributed by atoms with E-state index in [1.54, 1.807) is 0 Å². The highest BCUT2D eigenvalue weighted by atomic mass is 19.4. The Labute approximate surface area is 62.3 Å². The number of alkyl halides is 3. The zero-order valence-corrected chi connectivity index (χ0v) is 5.86. The van der Waals surface area contributed by atoms with Gasteiger partial charge in [0, 0.05) is 12.8 Å². The van der Waals surface area contributed by atoms with E-state index in [9.17, 15) is 13.2 Å². The minimum absolute atomic E-state index is 0.0938. The molecule has 1 saturated heterocycles. The van der Waals surface area contributed by atoms with Gasteiger partial charge in [0.15, 0.2) is 6.29 Å². The highest BCUT2D eigenvalue weighted by Gasteiger charge is 2.29. The average Bonchev–Trinajstić information content (AvgIpc) is 2.32. The van der Waals surface area contributed by atoms with Crippen molar-refractivity contribution in [2.24, 2.45) is 0 Å². The number of hydrogen-bond donors (Lipinski definition) is 0. The zero-order chi connectivity index (χ0) is 8.32. The Balaban J connectivity index is 2.11. The summed E-state index contributed by atoms with van der Waals surface area (Å²) in [6.45, 7) is 0.811. The second-order valence-corrected chi connectivity index (χ2v) is 2.32. The molecule has 1 heterocycles.